The molecule has 1 heteroatoms. The number of para-hydroxylation sites is 1. The lowest BCUT2D eigenvalue weighted by Crippen LogP contribution is -2.36. The average Bonchev–Trinajstić information content (AvgIpc) is 2.12. The SMILES string of the molecule is CC(C)[C@H]1C[C@@H](Oc2ccccc2)C1. The van der Waals surface area contributed by atoms with Gasteiger partial charge >= 0.3 is 0 Å². The molecule has 0 amide bonds. The summed E-state index contributed by atoms with van der Waals surface area (Å²) < 4.78 is 5.83. The summed E-state index contributed by atoms with van der Waals surface area (Å²) in [6.45, 7) is 4.59. The molecule has 76 valence electrons. The second kappa shape index (κ2) is 4.04. The van der Waals surface area contributed by atoms with Gasteiger partial charge in [-0.25, -0.2) is 0 Å². The Bertz CT molecular complexity index is 273. The van der Waals surface area contributed by atoms with Gasteiger partial charge in [-0.15, -0.1) is 0 Å². The molecule has 1 aliphatic rings. The summed E-state index contributed by atoms with van der Waals surface area (Å²) >= 11 is 0. The predicted molar refractivity (Wildman–Crippen MR) is 58.4 cm³/mol. The van der Waals surface area contributed by atoms with Gasteiger partial charge in [0.15, 0.2) is 0 Å². The Morgan fingerprint density at radius 1 is 1.14 bits per heavy atom. The van der Waals surface area contributed by atoms with E-state index in [-0.39, 0.29) is 0 Å². The van der Waals surface area contributed by atoms with Crippen LogP contribution in [0.5, 0.6) is 5.75 Å². The van der Waals surface area contributed by atoms with Gasteiger partial charge in [-0.3, -0.25) is 0 Å². The highest BCUT2D eigenvalue weighted by atomic mass is 16.5. The first kappa shape index (κ1) is 9.57. The van der Waals surface area contributed by atoms with Crippen molar-refractivity contribution in [3.63, 3.8) is 0 Å². The predicted octanol–water partition coefficient (Wildman–Crippen LogP) is 3.50. The van der Waals surface area contributed by atoms with E-state index in [1.807, 2.05) is 30.3 Å². The van der Waals surface area contributed by atoms with Gasteiger partial charge < -0.3 is 4.74 Å². The van der Waals surface area contributed by atoms with E-state index in [9.17, 15) is 0 Å². The highest BCUT2D eigenvalue weighted by Crippen LogP contribution is 2.36. The Morgan fingerprint density at radius 3 is 2.36 bits per heavy atom. The summed E-state index contributed by atoms with van der Waals surface area (Å²) in [6, 6.07) is 10.1. The molecule has 0 N–H and O–H groups in total. The van der Waals surface area contributed by atoms with Crippen LogP contribution in [0, 0.1) is 11.8 Å². The molecular weight excluding hydrogens is 172 g/mol. The maximum Gasteiger partial charge on any atom is 0.119 e. The van der Waals surface area contributed by atoms with Crippen LogP contribution in [-0.2, 0) is 0 Å². The molecule has 1 fully saturated rings. The maximum atomic E-state index is 5.83. The van der Waals surface area contributed by atoms with E-state index in [0.717, 1.165) is 17.6 Å². The van der Waals surface area contributed by atoms with Crippen molar-refractivity contribution in [3.8, 4) is 5.75 Å². The van der Waals surface area contributed by atoms with Crippen molar-refractivity contribution in [2.24, 2.45) is 11.8 Å². The summed E-state index contributed by atoms with van der Waals surface area (Å²) in [7, 11) is 0. The average molecular weight is 190 g/mol. The van der Waals surface area contributed by atoms with E-state index in [1.165, 1.54) is 12.8 Å². The third-order valence-electron chi connectivity index (χ3n) is 3.12. The summed E-state index contributed by atoms with van der Waals surface area (Å²) in [5.74, 6) is 2.70. The molecule has 0 atom stereocenters. The van der Waals surface area contributed by atoms with Crippen molar-refractivity contribution >= 4 is 0 Å². The Kier molecular flexibility index (Phi) is 2.76. The van der Waals surface area contributed by atoms with Gasteiger partial charge in [-0.05, 0) is 36.8 Å². The smallest absolute Gasteiger partial charge is 0.119 e. The molecular formula is C13H18O. The summed E-state index contributed by atoms with van der Waals surface area (Å²) in [5.41, 5.74) is 0. The molecule has 1 aromatic rings. The first-order valence-electron chi connectivity index (χ1n) is 5.47. The third-order valence-corrected chi connectivity index (χ3v) is 3.12. The van der Waals surface area contributed by atoms with Gasteiger partial charge in [0.05, 0.1) is 6.10 Å². The molecule has 0 unspecified atom stereocenters. The van der Waals surface area contributed by atoms with Gasteiger partial charge in [0.2, 0.25) is 0 Å². The molecule has 0 radical (unpaired) electrons. The maximum absolute atomic E-state index is 5.83. The van der Waals surface area contributed by atoms with E-state index in [2.05, 4.69) is 13.8 Å². The Morgan fingerprint density at radius 2 is 1.79 bits per heavy atom. The Labute approximate surface area is 86.1 Å². The molecule has 14 heavy (non-hydrogen) atoms. The van der Waals surface area contributed by atoms with E-state index >= 15 is 0 Å². The van der Waals surface area contributed by atoms with Crippen LogP contribution in [-0.4, -0.2) is 6.10 Å². The lowest BCUT2D eigenvalue weighted by molar-refractivity contribution is 0.0417. The zero-order chi connectivity index (χ0) is 9.97. The molecule has 1 nitrogen and oxygen atoms in total. The van der Waals surface area contributed by atoms with Crippen LogP contribution >= 0.6 is 0 Å². The molecule has 1 aliphatic carbocycles. The molecule has 1 aromatic carbocycles. The standard InChI is InChI=1S/C13H18O/c1-10(2)11-8-13(9-11)14-12-6-4-3-5-7-12/h3-7,10-11,13H,8-9H2,1-2H3/t11-,13+. The van der Waals surface area contributed by atoms with Crippen LogP contribution in [0.2, 0.25) is 0 Å². The highest BCUT2D eigenvalue weighted by molar-refractivity contribution is 5.21. The molecule has 0 bridgehead atoms. The van der Waals surface area contributed by atoms with Crippen molar-refractivity contribution < 1.29 is 4.74 Å². The van der Waals surface area contributed by atoms with E-state index in [0.29, 0.717) is 6.10 Å². The van der Waals surface area contributed by atoms with Gasteiger partial charge in [0.1, 0.15) is 5.75 Å². The molecule has 0 spiro atoms. The Balaban J connectivity index is 1.80. The van der Waals surface area contributed by atoms with Crippen LogP contribution in [0.4, 0.5) is 0 Å². The highest BCUT2D eigenvalue weighted by Gasteiger charge is 2.32. The first-order valence-corrected chi connectivity index (χ1v) is 5.47. The normalized spacial score (nSPS) is 25.9. The van der Waals surface area contributed by atoms with E-state index in [4.69, 9.17) is 4.74 Å². The minimum Gasteiger partial charge on any atom is -0.490 e. The monoisotopic (exact) mass is 190 g/mol. The van der Waals surface area contributed by atoms with Crippen molar-refractivity contribution in [3.05, 3.63) is 30.3 Å². The lowest BCUT2D eigenvalue weighted by atomic mass is 9.75. The number of ether oxygens (including phenoxy) is 1. The lowest BCUT2D eigenvalue weighted by Gasteiger charge is -2.37. The van der Waals surface area contributed by atoms with Crippen LogP contribution < -0.4 is 4.74 Å². The van der Waals surface area contributed by atoms with Crippen LogP contribution in [0.1, 0.15) is 26.7 Å². The fraction of sp³-hybridized carbons (Fsp3) is 0.538. The second-order valence-corrected chi connectivity index (χ2v) is 4.53. The fourth-order valence-corrected chi connectivity index (χ4v) is 1.94. The molecule has 0 heterocycles. The van der Waals surface area contributed by atoms with Crippen molar-refractivity contribution in [2.45, 2.75) is 32.8 Å². The van der Waals surface area contributed by atoms with E-state index < -0.39 is 0 Å². The number of hydrogen-bond acceptors (Lipinski definition) is 1. The van der Waals surface area contributed by atoms with E-state index in [1.54, 1.807) is 0 Å². The first-order chi connectivity index (χ1) is 6.75. The summed E-state index contributed by atoms with van der Waals surface area (Å²) in [6.07, 6.45) is 2.92. The van der Waals surface area contributed by atoms with Gasteiger partial charge in [-0.2, -0.15) is 0 Å². The topological polar surface area (TPSA) is 9.23 Å². The van der Waals surface area contributed by atoms with Crippen LogP contribution in [0.15, 0.2) is 30.3 Å². The zero-order valence-electron chi connectivity index (χ0n) is 8.94. The molecule has 1 saturated carbocycles. The summed E-state index contributed by atoms with van der Waals surface area (Å²) in [4.78, 5) is 0. The second-order valence-electron chi connectivity index (χ2n) is 4.53. The zero-order valence-corrected chi connectivity index (χ0v) is 8.94. The molecule has 0 saturated heterocycles. The number of hydrogen-bond donors (Lipinski definition) is 0. The van der Waals surface area contributed by atoms with Crippen molar-refractivity contribution in [1.29, 1.82) is 0 Å². The number of rotatable bonds is 3. The Hall–Kier alpha value is -0.980. The minimum atomic E-state index is 0.463. The molecule has 2 rings (SSSR count). The van der Waals surface area contributed by atoms with Crippen molar-refractivity contribution in [1.82, 2.24) is 0 Å². The molecule has 0 aliphatic heterocycles. The van der Waals surface area contributed by atoms with Crippen LogP contribution in [0.25, 0.3) is 0 Å². The van der Waals surface area contributed by atoms with Gasteiger partial charge in [-0.1, -0.05) is 32.0 Å². The fourth-order valence-electron chi connectivity index (χ4n) is 1.94. The third kappa shape index (κ3) is 2.09. The van der Waals surface area contributed by atoms with Gasteiger partial charge in [0.25, 0.3) is 0 Å². The van der Waals surface area contributed by atoms with Crippen molar-refractivity contribution in [2.75, 3.05) is 0 Å². The van der Waals surface area contributed by atoms with Crippen LogP contribution in [0.3, 0.4) is 0 Å². The largest absolute Gasteiger partial charge is 0.490 e. The van der Waals surface area contributed by atoms with Gasteiger partial charge in [0, 0.05) is 0 Å². The molecule has 0 aromatic heterocycles. The quantitative estimate of drug-likeness (QED) is 0.708. The summed E-state index contributed by atoms with van der Waals surface area (Å²) in [5, 5.41) is 0. The number of benzene rings is 1. The minimum absolute atomic E-state index is 0.463.